The predicted molar refractivity (Wildman–Crippen MR) is 101 cm³/mol. The van der Waals surface area contributed by atoms with E-state index in [1.165, 1.54) is 12.4 Å². The van der Waals surface area contributed by atoms with Gasteiger partial charge in [0.15, 0.2) is 11.6 Å². The Labute approximate surface area is 156 Å². The second-order valence-electron chi connectivity index (χ2n) is 7.63. The number of nitrogens with one attached hydrogen (secondary N) is 2. The quantitative estimate of drug-likeness (QED) is 0.631. The van der Waals surface area contributed by atoms with Crippen LogP contribution in [0.4, 0.5) is 10.2 Å². The monoisotopic (exact) mass is 371 g/mol. The van der Waals surface area contributed by atoms with Crippen LogP contribution in [0, 0.1) is 18.2 Å². The number of halogens is 1. The van der Waals surface area contributed by atoms with Crippen LogP contribution in [0.2, 0.25) is 0 Å². The topological polar surface area (TPSA) is 104 Å². The fourth-order valence-electron chi connectivity index (χ4n) is 2.92. The molecule has 3 aromatic heterocycles. The molecule has 0 aliphatic heterocycles. The highest BCUT2D eigenvalue weighted by molar-refractivity contribution is 5.92. The molecule has 0 fully saturated rings. The van der Waals surface area contributed by atoms with Crippen LogP contribution in [0.3, 0.4) is 0 Å². The Kier molecular flexibility index (Phi) is 4.82. The summed E-state index contributed by atoms with van der Waals surface area (Å²) in [6.45, 7) is 7.48. The van der Waals surface area contributed by atoms with Crippen molar-refractivity contribution >= 4 is 22.8 Å². The maximum absolute atomic E-state index is 14.6. The van der Waals surface area contributed by atoms with Gasteiger partial charge in [-0.15, -0.1) is 0 Å². The van der Waals surface area contributed by atoms with E-state index in [0.29, 0.717) is 16.9 Å². The van der Waals surface area contributed by atoms with Crippen molar-refractivity contribution in [3.8, 4) is 11.3 Å². The first kappa shape index (κ1) is 18.8. The summed E-state index contributed by atoms with van der Waals surface area (Å²) in [5, 5.41) is 13.0. The molecule has 0 aliphatic carbocycles. The van der Waals surface area contributed by atoms with Gasteiger partial charge in [-0.3, -0.25) is 4.79 Å². The standard InChI is InChI=1S/C19H22FN5O2/c1-10-5-13(20)18(24-14(6-15(26)27)19(2,3)4)25-16(10)11-8-22-17-12(11)7-21-9-23-17/h5,7-9,14H,6H2,1-4H3,(H,24,25)(H,26,27)(H,21,22,23). The van der Waals surface area contributed by atoms with Gasteiger partial charge < -0.3 is 15.4 Å². The van der Waals surface area contributed by atoms with Crippen molar-refractivity contribution in [2.45, 2.75) is 40.2 Å². The van der Waals surface area contributed by atoms with E-state index in [-0.39, 0.29) is 12.2 Å². The number of rotatable bonds is 5. The average Bonchev–Trinajstić information content (AvgIpc) is 2.99. The summed E-state index contributed by atoms with van der Waals surface area (Å²) in [5.74, 6) is -1.45. The molecule has 8 heteroatoms. The second-order valence-corrected chi connectivity index (χ2v) is 7.63. The Bertz CT molecular complexity index is 993. The molecule has 7 nitrogen and oxygen atoms in total. The first-order valence-electron chi connectivity index (χ1n) is 8.59. The van der Waals surface area contributed by atoms with Crippen LogP contribution in [0.5, 0.6) is 0 Å². The Morgan fingerprint density at radius 3 is 2.81 bits per heavy atom. The Morgan fingerprint density at radius 1 is 1.41 bits per heavy atom. The Hall–Kier alpha value is -3.03. The number of fused-ring (bicyclic) bond motifs is 1. The van der Waals surface area contributed by atoms with Crippen LogP contribution in [0.1, 0.15) is 32.8 Å². The third kappa shape index (κ3) is 3.89. The minimum absolute atomic E-state index is 0.0305. The minimum Gasteiger partial charge on any atom is -0.481 e. The number of hydrogen-bond acceptors (Lipinski definition) is 5. The summed E-state index contributed by atoms with van der Waals surface area (Å²) in [4.78, 5) is 26.9. The van der Waals surface area contributed by atoms with E-state index in [1.807, 2.05) is 20.8 Å². The summed E-state index contributed by atoms with van der Waals surface area (Å²) in [5.41, 5.74) is 2.28. The lowest BCUT2D eigenvalue weighted by atomic mass is 9.84. The Balaban J connectivity index is 2.05. The van der Waals surface area contributed by atoms with Gasteiger partial charge in [-0.25, -0.2) is 19.3 Å². The normalized spacial score (nSPS) is 12.9. The Morgan fingerprint density at radius 2 is 2.15 bits per heavy atom. The highest BCUT2D eigenvalue weighted by Crippen LogP contribution is 2.32. The maximum atomic E-state index is 14.6. The molecule has 27 heavy (non-hydrogen) atoms. The zero-order valence-corrected chi connectivity index (χ0v) is 15.7. The molecule has 0 aliphatic rings. The summed E-state index contributed by atoms with van der Waals surface area (Å²) < 4.78 is 14.6. The number of aromatic amines is 1. The fourth-order valence-corrected chi connectivity index (χ4v) is 2.92. The van der Waals surface area contributed by atoms with E-state index in [1.54, 1.807) is 19.3 Å². The number of pyridine rings is 1. The largest absolute Gasteiger partial charge is 0.481 e. The number of aliphatic carboxylic acids is 1. The maximum Gasteiger partial charge on any atom is 0.305 e. The second kappa shape index (κ2) is 6.94. The lowest BCUT2D eigenvalue weighted by Crippen LogP contribution is -2.36. The number of carboxylic acids is 1. The number of carbonyl (C=O) groups is 1. The zero-order valence-electron chi connectivity index (χ0n) is 15.7. The first-order valence-corrected chi connectivity index (χ1v) is 8.59. The van der Waals surface area contributed by atoms with Crippen molar-refractivity contribution in [2.75, 3.05) is 5.32 Å². The predicted octanol–water partition coefficient (Wildman–Crippen LogP) is 3.77. The van der Waals surface area contributed by atoms with Crippen molar-refractivity contribution in [1.29, 1.82) is 0 Å². The van der Waals surface area contributed by atoms with Gasteiger partial charge in [0.2, 0.25) is 0 Å². The lowest BCUT2D eigenvalue weighted by Gasteiger charge is -2.31. The van der Waals surface area contributed by atoms with E-state index >= 15 is 0 Å². The highest BCUT2D eigenvalue weighted by atomic mass is 19.1. The summed E-state index contributed by atoms with van der Waals surface area (Å²) in [6.07, 6.45) is 4.73. The van der Waals surface area contributed by atoms with Crippen LogP contribution in [0.15, 0.2) is 24.8 Å². The van der Waals surface area contributed by atoms with Gasteiger partial charge in [-0.05, 0) is 24.0 Å². The third-order valence-electron chi connectivity index (χ3n) is 4.51. The smallest absolute Gasteiger partial charge is 0.305 e. The van der Waals surface area contributed by atoms with Crippen molar-refractivity contribution < 1.29 is 14.3 Å². The molecule has 1 atom stereocenters. The minimum atomic E-state index is -0.955. The molecule has 0 aromatic carbocycles. The highest BCUT2D eigenvalue weighted by Gasteiger charge is 2.28. The van der Waals surface area contributed by atoms with Crippen LogP contribution in [0.25, 0.3) is 22.3 Å². The van der Waals surface area contributed by atoms with Gasteiger partial charge in [0.25, 0.3) is 0 Å². The van der Waals surface area contributed by atoms with Gasteiger partial charge in [0, 0.05) is 29.4 Å². The SMILES string of the molecule is Cc1cc(F)c(NC(CC(=O)O)C(C)(C)C)nc1-c1c[nH]c2ncncc12. The molecule has 3 rings (SSSR count). The number of carboxylic acid groups (broad SMARTS) is 1. The van der Waals surface area contributed by atoms with Crippen LogP contribution >= 0.6 is 0 Å². The van der Waals surface area contributed by atoms with Crippen molar-refractivity contribution in [1.82, 2.24) is 19.9 Å². The zero-order chi connectivity index (χ0) is 19.8. The number of H-pyrrole nitrogens is 1. The number of anilines is 1. The van der Waals surface area contributed by atoms with E-state index in [2.05, 4.69) is 25.3 Å². The van der Waals surface area contributed by atoms with E-state index in [0.717, 1.165) is 10.9 Å². The molecule has 0 saturated carbocycles. The molecule has 1 unspecified atom stereocenters. The van der Waals surface area contributed by atoms with E-state index in [4.69, 9.17) is 0 Å². The fraction of sp³-hybridized carbons (Fsp3) is 0.368. The van der Waals surface area contributed by atoms with Gasteiger partial charge in [-0.2, -0.15) is 0 Å². The lowest BCUT2D eigenvalue weighted by molar-refractivity contribution is -0.137. The molecule has 0 radical (unpaired) electrons. The molecule has 3 aromatic rings. The van der Waals surface area contributed by atoms with Gasteiger partial charge in [0.05, 0.1) is 12.1 Å². The summed E-state index contributed by atoms with van der Waals surface area (Å²) >= 11 is 0. The van der Waals surface area contributed by atoms with Crippen LogP contribution in [-0.2, 0) is 4.79 Å². The van der Waals surface area contributed by atoms with Crippen molar-refractivity contribution in [3.63, 3.8) is 0 Å². The molecule has 142 valence electrons. The number of aromatic nitrogens is 4. The molecular formula is C19H22FN5O2. The molecule has 3 heterocycles. The molecule has 0 bridgehead atoms. The number of aryl methyl sites for hydroxylation is 1. The third-order valence-corrected chi connectivity index (χ3v) is 4.51. The van der Waals surface area contributed by atoms with Crippen LogP contribution in [-0.4, -0.2) is 37.1 Å². The number of nitrogens with zero attached hydrogens (tertiary/aromatic N) is 3. The van der Waals surface area contributed by atoms with Crippen molar-refractivity contribution in [3.05, 3.63) is 36.2 Å². The molecule has 0 spiro atoms. The van der Waals surface area contributed by atoms with E-state index in [9.17, 15) is 14.3 Å². The molecule has 0 amide bonds. The molecular weight excluding hydrogens is 349 g/mol. The number of hydrogen-bond donors (Lipinski definition) is 3. The average molecular weight is 371 g/mol. The molecule has 3 N–H and O–H groups in total. The summed E-state index contributed by atoms with van der Waals surface area (Å²) in [6, 6.07) is 0.909. The van der Waals surface area contributed by atoms with Crippen molar-refractivity contribution in [2.24, 2.45) is 5.41 Å². The summed E-state index contributed by atoms with van der Waals surface area (Å²) in [7, 11) is 0. The van der Waals surface area contributed by atoms with Gasteiger partial charge in [-0.1, -0.05) is 20.8 Å². The van der Waals surface area contributed by atoms with Gasteiger partial charge in [0.1, 0.15) is 12.0 Å². The van der Waals surface area contributed by atoms with Crippen LogP contribution < -0.4 is 5.32 Å². The van der Waals surface area contributed by atoms with Gasteiger partial charge >= 0.3 is 5.97 Å². The first-order chi connectivity index (χ1) is 12.7. The van der Waals surface area contributed by atoms with E-state index < -0.39 is 23.2 Å². The molecule has 0 saturated heterocycles.